The van der Waals surface area contributed by atoms with E-state index in [1.165, 1.54) is 18.4 Å². The van der Waals surface area contributed by atoms with Gasteiger partial charge in [-0.2, -0.15) is 5.26 Å². The number of urea groups is 1. The van der Waals surface area contributed by atoms with E-state index in [4.69, 9.17) is 5.26 Å². The summed E-state index contributed by atoms with van der Waals surface area (Å²) in [7, 11) is 0. The second kappa shape index (κ2) is 7.50. The van der Waals surface area contributed by atoms with Crippen molar-refractivity contribution in [1.29, 1.82) is 5.26 Å². The third-order valence-corrected chi connectivity index (χ3v) is 5.27. The highest BCUT2D eigenvalue weighted by Crippen LogP contribution is 2.33. The maximum absolute atomic E-state index is 12.6. The number of nitrogens with one attached hydrogen (secondary N) is 1. The minimum atomic E-state index is 0.0502. The first-order valence-electron chi connectivity index (χ1n) is 8.78. The van der Waals surface area contributed by atoms with Crippen LogP contribution in [0.2, 0.25) is 0 Å². The predicted molar refractivity (Wildman–Crippen MR) is 89.9 cm³/mol. The van der Waals surface area contributed by atoms with Gasteiger partial charge in [-0.05, 0) is 31.2 Å². The Morgan fingerprint density at radius 3 is 2.48 bits per heavy atom. The van der Waals surface area contributed by atoms with E-state index in [0.717, 1.165) is 25.7 Å². The van der Waals surface area contributed by atoms with Gasteiger partial charge in [-0.15, -0.1) is 0 Å². The summed E-state index contributed by atoms with van der Waals surface area (Å²) in [5, 5.41) is 12.2. The van der Waals surface area contributed by atoms with Crippen molar-refractivity contribution in [2.75, 3.05) is 13.1 Å². The molecular weight excluding hydrogens is 286 g/mol. The zero-order valence-corrected chi connectivity index (χ0v) is 13.6. The Morgan fingerprint density at radius 2 is 1.78 bits per heavy atom. The number of carbonyl (C=O) groups is 1. The first-order chi connectivity index (χ1) is 11.3. The molecular formula is C19H25N3O. The molecule has 2 aliphatic rings. The lowest BCUT2D eigenvalue weighted by molar-refractivity contribution is 0.170. The van der Waals surface area contributed by atoms with E-state index in [9.17, 15) is 4.79 Å². The van der Waals surface area contributed by atoms with Crippen LogP contribution in [0.25, 0.3) is 0 Å². The van der Waals surface area contributed by atoms with Crippen LogP contribution in [-0.2, 0) is 0 Å². The van der Waals surface area contributed by atoms with E-state index < -0.39 is 0 Å². The molecule has 1 saturated heterocycles. The molecule has 1 aliphatic heterocycles. The predicted octanol–water partition coefficient (Wildman–Crippen LogP) is 3.66. The number of carbonyl (C=O) groups excluding carboxylic acids is 1. The lowest BCUT2D eigenvalue weighted by atomic mass is 9.80. The quantitative estimate of drug-likeness (QED) is 0.906. The standard InChI is InChI=1S/C19H25N3O/c20-14-15-10-12-22(13-11-15)19(23)21-18-9-5-4-8-17(18)16-6-2-1-3-7-16/h1-3,6-7,15,17-18H,4-5,8-13H2,(H,21,23)/t17-,18+/m1/s1. The largest absolute Gasteiger partial charge is 0.335 e. The van der Waals surface area contributed by atoms with Gasteiger partial charge in [0.15, 0.2) is 0 Å². The van der Waals surface area contributed by atoms with Gasteiger partial charge in [0.1, 0.15) is 0 Å². The highest BCUT2D eigenvalue weighted by atomic mass is 16.2. The highest BCUT2D eigenvalue weighted by Gasteiger charge is 2.30. The van der Waals surface area contributed by atoms with E-state index in [2.05, 4.69) is 35.7 Å². The third kappa shape index (κ3) is 3.85. The molecule has 1 aromatic rings. The van der Waals surface area contributed by atoms with Crippen LogP contribution in [0.15, 0.2) is 30.3 Å². The summed E-state index contributed by atoms with van der Waals surface area (Å²) in [5.74, 6) is 0.538. The molecule has 4 nitrogen and oxygen atoms in total. The zero-order chi connectivity index (χ0) is 16.1. The van der Waals surface area contributed by atoms with Crippen molar-refractivity contribution < 1.29 is 4.79 Å². The Balaban J connectivity index is 1.61. The second-order valence-corrected chi connectivity index (χ2v) is 6.75. The van der Waals surface area contributed by atoms with Crippen LogP contribution in [0.5, 0.6) is 0 Å². The fraction of sp³-hybridized carbons (Fsp3) is 0.579. The smallest absolute Gasteiger partial charge is 0.317 e. The SMILES string of the molecule is N#CC1CCN(C(=O)N[C@H]2CCCC[C@@H]2c2ccccc2)CC1. The van der Waals surface area contributed by atoms with Crippen LogP contribution in [-0.4, -0.2) is 30.1 Å². The summed E-state index contributed by atoms with van der Waals surface area (Å²) in [6.07, 6.45) is 6.23. The van der Waals surface area contributed by atoms with E-state index in [1.807, 2.05) is 11.0 Å². The summed E-state index contributed by atoms with van der Waals surface area (Å²) >= 11 is 0. The van der Waals surface area contributed by atoms with Crippen molar-refractivity contribution in [3.05, 3.63) is 35.9 Å². The van der Waals surface area contributed by atoms with Crippen LogP contribution >= 0.6 is 0 Å². The normalized spacial score (nSPS) is 25.6. The molecule has 0 aromatic heterocycles. The van der Waals surface area contributed by atoms with Gasteiger partial charge >= 0.3 is 6.03 Å². The van der Waals surface area contributed by atoms with E-state index in [-0.39, 0.29) is 18.0 Å². The molecule has 1 N–H and O–H groups in total. The first-order valence-corrected chi connectivity index (χ1v) is 8.78. The maximum Gasteiger partial charge on any atom is 0.317 e. The molecule has 0 radical (unpaired) electrons. The maximum atomic E-state index is 12.6. The molecule has 2 amide bonds. The minimum Gasteiger partial charge on any atom is -0.335 e. The summed E-state index contributed by atoms with van der Waals surface area (Å²) in [6.45, 7) is 1.40. The van der Waals surface area contributed by atoms with Crippen LogP contribution in [0.4, 0.5) is 4.79 Å². The molecule has 3 rings (SSSR count). The molecule has 1 aromatic carbocycles. The molecule has 4 heteroatoms. The van der Waals surface area contributed by atoms with Gasteiger partial charge in [-0.1, -0.05) is 43.2 Å². The number of rotatable bonds is 2. The van der Waals surface area contributed by atoms with E-state index in [1.54, 1.807) is 0 Å². The van der Waals surface area contributed by atoms with E-state index >= 15 is 0 Å². The Morgan fingerprint density at radius 1 is 1.09 bits per heavy atom. The molecule has 1 aliphatic carbocycles. The van der Waals surface area contributed by atoms with Crippen molar-refractivity contribution in [2.45, 2.75) is 50.5 Å². The average Bonchev–Trinajstić information content (AvgIpc) is 2.63. The first kappa shape index (κ1) is 15.9. The number of amides is 2. The van der Waals surface area contributed by atoms with Gasteiger partial charge in [-0.25, -0.2) is 4.79 Å². The minimum absolute atomic E-state index is 0.0502. The summed E-state index contributed by atoms with van der Waals surface area (Å²) in [4.78, 5) is 14.4. The van der Waals surface area contributed by atoms with E-state index in [0.29, 0.717) is 19.0 Å². The van der Waals surface area contributed by atoms with Gasteiger partial charge in [0.25, 0.3) is 0 Å². The number of hydrogen-bond donors (Lipinski definition) is 1. The highest BCUT2D eigenvalue weighted by molar-refractivity contribution is 5.74. The summed E-state index contributed by atoms with van der Waals surface area (Å²) in [5.41, 5.74) is 1.33. The lowest BCUT2D eigenvalue weighted by Crippen LogP contribution is -2.50. The van der Waals surface area contributed by atoms with Crippen LogP contribution in [0, 0.1) is 17.2 Å². The Bertz CT molecular complexity index is 558. The van der Waals surface area contributed by atoms with Crippen molar-refractivity contribution in [1.82, 2.24) is 10.2 Å². The number of piperidine rings is 1. The average molecular weight is 311 g/mol. The fourth-order valence-electron chi connectivity index (χ4n) is 3.86. The third-order valence-electron chi connectivity index (χ3n) is 5.27. The van der Waals surface area contributed by atoms with Crippen molar-refractivity contribution in [3.8, 4) is 6.07 Å². The van der Waals surface area contributed by atoms with Crippen LogP contribution < -0.4 is 5.32 Å². The molecule has 2 atom stereocenters. The van der Waals surface area contributed by atoms with Gasteiger partial charge in [0.2, 0.25) is 0 Å². The molecule has 122 valence electrons. The number of hydrogen-bond acceptors (Lipinski definition) is 2. The van der Waals surface area contributed by atoms with Crippen LogP contribution in [0.3, 0.4) is 0 Å². The van der Waals surface area contributed by atoms with Gasteiger partial charge in [-0.3, -0.25) is 0 Å². The molecule has 23 heavy (non-hydrogen) atoms. The van der Waals surface area contributed by atoms with Crippen molar-refractivity contribution >= 4 is 6.03 Å². The zero-order valence-electron chi connectivity index (χ0n) is 13.6. The number of likely N-dealkylation sites (tertiary alicyclic amines) is 1. The Labute approximate surface area is 138 Å². The molecule has 0 spiro atoms. The van der Waals surface area contributed by atoms with Gasteiger partial charge in [0, 0.05) is 31.0 Å². The summed E-state index contributed by atoms with van der Waals surface area (Å²) in [6, 6.07) is 13.1. The lowest BCUT2D eigenvalue weighted by Gasteiger charge is -2.36. The van der Waals surface area contributed by atoms with Crippen molar-refractivity contribution in [3.63, 3.8) is 0 Å². The number of benzene rings is 1. The molecule has 0 bridgehead atoms. The molecule has 0 unspecified atom stereocenters. The number of nitrogens with zero attached hydrogens (tertiary/aromatic N) is 2. The topological polar surface area (TPSA) is 56.1 Å². The Kier molecular flexibility index (Phi) is 5.17. The summed E-state index contributed by atoms with van der Waals surface area (Å²) < 4.78 is 0. The fourth-order valence-corrected chi connectivity index (χ4v) is 3.86. The van der Waals surface area contributed by atoms with Gasteiger partial charge in [0.05, 0.1) is 6.07 Å². The molecule has 2 fully saturated rings. The Hall–Kier alpha value is -2.02. The molecule has 1 saturated carbocycles. The second-order valence-electron chi connectivity index (χ2n) is 6.75. The van der Waals surface area contributed by atoms with Crippen molar-refractivity contribution in [2.24, 2.45) is 5.92 Å². The van der Waals surface area contributed by atoms with Gasteiger partial charge < -0.3 is 10.2 Å². The number of nitriles is 1. The monoisotopic (exact) mass is 311 g/mol. The molecule has 1 heterocycles. The van der Waals surface area contributed by atoms with Crippen LogP contribution in [0.1, 0.15) is 50.0 Å².